The number of hydrogen-bond acceptors (Lipinski definition) is 4. The van der Waals surface area contributed by atoms with Gasteiger partial charge >= 0.3 is 0 Å². The Kier molecular flexibility index (Phi) is 6.55. The van der Waals surface area contributed by atoms with Crippen LogP contribution in [0.1, 0.15) is 80.8 Å². The van der Waals surface area contributed by atoms with E-state index in [0.29, 0.717) is 11.2 Å². The van der Waals surface area contributed by atoms with Gasteiger partial charge in [0.1, 0.15) is 23.7 Å². The zero-order valence-electron chi connectivity index (χ0n) is 21.2. The molecule has 2 N–H and O–H groups in total. The van der Waals surface area contributed by atoms with Crippen LogP contribution in [0.15, 0.2) is 24.5 Å². The lowest BCUT2D eigenvalue weighted by molar-refractivity contribution is -0.633. The molecular formula is C26H36N5O2S+. The molecule has 3 aromatic heterocycles. The molecule has 1 aliphatic heterocycles. The number of carbonyl (C=O) groups is 2. The van der Waals surface area contributed by atoms with Gasteiger partial charge in [-0.15, -0.1) is 11.3 Å². The van der Waals surface area contributed by atoms with Crippen LogP contribution in [0.2, 0.25) is 0 Å². The molecule has 4 heterocycles. The number of amides is 2. The van der Waals surface area contributed by atoms with Crippen molar-refractivity contribution < 1.29 is 14.2 Å². The normalized spacial score (nSPS) is 19.9. The van der Waals surface area contributed by atoms with E-state index in [2.05, 4.69) is 49.9 Å². The summed E-state index contributed by atoms with van der Waals surface area (Å²) in [7, 11) is 1.94. The number of piperidine rings is 1. The smallest absolute Gasteiger partial charge is 0.264 e. The van der Waals surface area contributed by atoms with Gasteiger partial charge in [0.25, 0.3) is 17.3 Å². The van der Waals surface area contributed by atoms with Crippen LogP contribution in [0.5, 0.6) is 0 Å². The fourth-order valence-corrected chi connectivity index (χ4v) is 5.60. The van der Waals surface area contributed by atoms with E-state index in [9.17, 15) is 9.59 Å². The molecule has 0 saturated carbocycles. The van der Waals surface area contributed by atoms with Gasteiger partial charge in [0.15, 0.2) is 0 Å². The number of nitrogens with one attached hydrogen (secondary N) is 2. The molecule has 0 bridgehead atoms. The fourth-order valence-electron chi connectivity index (χ4n) is 4.61. The third-order valence-electron chi connectivity index (χ3n) is 7.23. The minimum Gasteiger partial charge on any atom is -0.349 e. The molecule has 1 fully saturated rings. The van der Waals surface area contributed by atoms with Crippen LogP contribution in [0.25, 0.3) is 21.7 Å². The van der Waals surface area contributed by atoms with Crippen molar-refractivity contribution in [3.05, 3.63) is 35.0 Å². The topological polar surface area (TPSA) is 82.0 Å². The quantitative estimate of drug-likeness (QED) is 0.530. The highest BCUT2D eigenvalue weighted by Gasteiger charge is 2.32. The van der Waals surface area contributed by atoms with Gasteiger partial charge in [-0.25, -0.2) is 4.98 Å². The summed E-state index contributed by atoms with van der Waals surface area (Å²) in [5.41, 5.74) is 2.79. The van der Waals surface area contributed by atoms with E-state index in [1.807, 2.05) is 35.6 Å². The number of aryl methyl sites for hydroxylation is 1. The highest BCUT2D eigenvalue weighted by molar-refractivity contribution is 7.17. The van der Waals surface area contributed by atoms with Crippen LogP contribution in [-0.4, -0.2) is 44.8 Å². The van der Waals surface area contributed by atoms with E-state index in [1.165, 1.54) is 17.8 Å². The maximum absolute atomic E-state index is 13.3. The molecule has 3 atom stereocenters. The lowest BCUT2D eigenvalue weighted by atomic mass is 9.88. The van der Waals surface area contributed by atoms with Crippen LogP contribution in [0.3, 0.4) is 0 Å². The lowest BCUT2D eigenvalue weighted by Gasteiger charge is -2.38. The van der Waals surface area contributed by atoms with Crippen LogP contribution in [0, 0.1) is 5.41 Å². The largest absolute Gasteiger partial charge is 0.349 e. The monoisotopic (exact) mass is 482 g/mol. The van der Waals surface area contributed by atoms with Gasteiger partial charge in [0, 0.05) is 24.3 Å². The number of aromatic amines is 1. The zero-order valence-corrected chi connectivity index (χ0v) is 22.0. The summed E-state index contributed by atoms with van der Waals surface area (Å²) in [4.78, 5) is 37.8. The standard InChI is InChI=1S/C26H35N5O2S/c1-15-9-8-10-16(2)31(15)25(33)21-12-11-20(34-21)19-14-28-23-22(30(19)7)18(13-27-23)24(32)29-17(3)26(4,5)6/h11-17H,8-10H2,1-7H3,(H,29,32)/p+1. The fraction of sp³-hybridized carbons (Fsp3) is 0.538. The van der Waals surface area contributed by atoms with Gasteiger partial charge in [-0.2, -0.15) is 4.57 Å². The summed E-state index contributed by atoms with van der Waals surface area (Å²) >= 11 is 1.48. The van der Waals surface area contributed by atoms with E-state index >= 15 is 0 Å². The van der Waals surface area contributed by atoms with E-state index < -0.39 is 0 Å². The van der Waals surface area contributed by atoms with Crippen LogP contribution < -0.4 is 9.88 Å². The van der Waals surface area contributed by atoms with Crippen molar-refractivity contribution in [3.63, 3.8) is 0 Å². The van der Waals surface area contributed by atoms with Crippen LogP contribution in [-0.2, 0) is 7.05 Å². The number of H-pyrrole nitrogens is 1. The van der Waals surface area contributed by atoms with E-state index in [-0.39, 0.29) is 35.4 Å². The van der Waals surface area contributed by atoms with Crippen LogP contribution >= 0.6 is 11.3 Å². The minimum atomic E-state index is -0.127. The second-order valence-corrected chi connectivity index (χ2v) is 11.8. The number of hydrogen-bond donors (Lipinski definition) is 2. The Morgan fingerprint density at radius 3 is 2.56 bits per heavy atom. The van der Waals surface area contributed by atoms with Gasteiger partial charge in [-0.3, -0.25) is 9.59 Å². The maximum atomic E-state index is 13.3. The Labute approximate surface area is 205 Å². The number of fused-ring (bicyclic) bond motifs is 1. The Balaban J connectivity index is 1.65. The van der Waals surface area contributed by atoms with Crippen molar-refractivity contribution in [2.45, 2.75) is 78.9 Å². The maximum Gasteiger partial charge on any atom is 0.264 e. The van der Waals surface area contributed by atoms with Gasteiger partial charge < -0.3 is 15.2 Å². The zero-order chi connectivity index (χ0) is 24.8. The molecule has 2 amide bonds. The van der Waals surface area contributed by atoms with E-state index in [4.69, 9.17) is 0 Å². The van der Waals surface area contributed by atoms with Crippen molar-refractivity contribution in [1.29, 1.82) is 0 Å². The number of likely N-dealkylation sites (tertiary alicyclic amines) is 1. The molecule has 34 heavy (non-hydrogen) atoms. The Morgan fingerprint density at radius 1 is 1.24 bits per heavy atom. The Bertz CT molecular complexity index is 1210. The van der Waals surface area contributed by atoms with Gasteiger partial charge in [-0.05, 0) is 57.6 Å². The molecule has 0 radical (unpaired) electrons. The summed E-state index contributed by atoms with van der Waals surface area (Å²) in [6.07, 6.45) is 6.79. The highest BCUT2D eigenvalue weighted by Crippen LogP contribution is 2.31. The highest BCUT2D eigenvalue weighted by atomic mass is 32.1. The summed E-state index contributed by atoms with van der Waals surface area (Å²) < 4.78 is 1.99. The predicted molar refractivity (Wildman–Crippen MR) is 136 cm³/mol. The van der Waals surface area contributed by atoms with Crippen molar-refractivity contribution in [2.24, 2.45) is 12.5 Å². The number of rotatable bonds is 4. The molecule has 182 valence electrons. The molecule has 4 rings (SSSR count). The molecule has 7 nitrogen and oxygen atoms in total. The molecule has 8 heteroatoms. The number of nitrogens with zero attached hydrogens (tertiary/aromatic N) is 3. The number of aromatic nitrogens is 3. The van der Waals surface area contributed by atoms with Crippen molar-refractivity contribution in [2.75, 3.05) is 0 Å². The SMILES string of the molecule is CC1CCCC(C)N1C(=O)c1ccc(-c2cnc3[nH]cc(C(=O)NC(C)C(C)(C)C)c3[n+]2C)s1. The molecule has 3 unspecified atom stereocenters. The second-order valence-electron chi connectivity index (χ2n) is 10.7. The average Bonchev–Trinajstić information content (AvgIpc) is 3.41. The Hall–Kier alpha value is -2.74. The summed E-state index contributed by atoms with van der Waals surface area (Å²) in [6, 6.07) is 4.42. The first-order chi connectivity index (χ1) is 16.0. The second kappa shape index (κ2) is 9.13. The molecule has 1 aliphatic rings. The number of carbonyl (C=O) groups excluding carboxylic acids is 2. The minimum absolute atomic E-state index is 0.0110. The molecule has 0 aliphatic carbocycles. The Morgan fingerprint density at radius 2 is 1.91 bits per heavy atom. The molecular weight excluding hydrogens is 446 g/mol. The van der Waals surface area contributed by atoms with Crippen molar-refractivity contribution in [3.8, 4) is 10.6 Å². The summed E-state index contributed by atoms with van der Waals surface area (Å²) in [5.74, 6) is -0.0242. The number of thiophene rings is 1. The van der Waals surface area contributed by atoms with Crippen molar-refractivity contribution in [1.82, 2.24) is 20.2 Å². The molecule has 1 saturated heterocycles. The average molecular weight is 483 g/mol. The van der Waals surface area contributed by atoms with Gasteiger partial charge in [0.05, 0.1) is 4.88 Å². The van der Waals surface area contributed by atoms with E-state index in [1.54, 1.807) is 12.4 Å². The first-order valence-electron chi connectivity index (χ1n) is 12.1. The predicted octanol–water partition coefficient (Wildman–Crippen LogP) is 4.68. The molecule has 3 aromatic rings. The van der Waals surface area contributed by atoms with Gasteiger partial charge in [0.2, 0.25) is 11.3 Å². The first-order valence-corrected chi connectivity index (χ1v) is 12.9. The molecule has 0 spiro atoms. The molecule has 0 aromatic carbocycles. The third kappa shape index (κ3) is 4.48. The van der Waals surface area contributed by atoms with Crippen molar-refractivity contribution >= 4 is 34.3 Å². The van der Waals surface area contributed by atoms with E-state index in [0.717, 1.165) is 33.8 Å². The third-order valence-corrected chi connectivity index (χ3v) is 8.33. The summed E-state index contributed by atoms with van der Waals surface area (Å²) in [5, 5.41) is 3.12. The first kappa shape index (κ1) is 24.4. The summed E-state index contributed by atoms with van der Waals surface area (Å²) in [6.45, 7) is 12.6. The van der Waals surface area contributed by atoms with Crippen LogP contribution in [0.4, 0.5) is 0 Å². The lowest BCUT2D eigenvalue weighted by Crippen LogP contribution is -2.47. The van der Waals surface area contributed by atoms with Gasteiger partial charge in [-0.1, -0.05) is 20.8 Å².